The Morgan fingerprint density at radius 1 is 1.47 bits per heavy atom. The average molecular weight is 250 g/mol. The van der Waals surface area contributed by atoms with Gasteiger partial charge in [-0.3, -0.25) is 4.68 Å². The van der Waals surface area contributed by atoms with Gasteiger partial charge in [0.2, 0.25) is 0 Å². The Kier molecular flexibility index (Phi) is 3.59. The highest BCUT2D eigenvalue weighted by Crippen LogP contribution is 2.17. The molecule has 2 aromatic heterocycles. The van der Waals surface area contributed by atoms with Crippen LogP contribution in [0.4, 0.5) is 0 Å². The second kappa shape index (κ2) is 4.98. The molecule has 92 valence electrons. The number of thiazole rings is 1. The van der Waals surface area contributed by atoms with Crippen molar-refractivity contribution in [2.24, 2.45) is 7.05 Å². The standard InChI is InChI=1S/C12H18N4S/c1-8-11(10(3)16(4)15-8)7-14-9(2)12-13-5-6-17-12/h5-6,9,14H,7H2,1-4H3. The van der Waals surface area contributed by atoms with E-state index in [0.29, 0.717) is 0 Å². The normalized spacial score (nSPS) is 12.9. The smallest absolute Gasteiger partial charge is 0.109 e. The molecule has 0 aliphatic carbocycles. The van der Waals surface area contributed by atoms with Gasteiger partial charge in [0, 0.05) is 36.4 Å². The summed E-state index contributed by atoms with van der Waals surface area (Å²) in [7, 11) is 1.98. The van der Waals surface area contributed by atoms with Gasteiger partial charge in [-0.05, 0) is 20.8 Å². The summed E-state index contributed by atoms with van der Waals surface area (Å²) in [4.78, 5) is 4.31. The van der Waals surface area contributed by atoms with Crippen LogP contribution in [0.5, 0.6) is 0 Å². The molecule has 0 aliphatic heterocycles. The highest BCUT2D eigenvalue weighted by atomic mass is 32.1. The summed E-state index contributed by atoms with van der Waals surface area (Å²) >= 11 is 1.69. The van der Waals surface area contributed by atoms with Gasteiger partial charge in [0.05, 0.1) is 11.7 Å². The van der Waals surface area contributed by atoms with Crippen molar-refractivity contribution >= 4 is 11.3 Å². The van der Waals surface area contributed by atoms with Crippen molar-refractivity contribution in [2.45, 2.75) is 33.4 Å². The maximum Gasteiger partial charge on any atom is 0.109 e. The molecule has 1 N–H and O–H groups in total. The van der Waals surface area contributed by atoms with Gasteiger partial charge in [-0.2, -0.15) is 5.10 Å². The quantitative estimate of drug-likeness (QED) is 0.905. The highest BCUT2D eigenvalue weighted by molar-refractivity contribution is 7.09. The lowest BCUT2D eigenvalue weighted by Gasteiger charge is -2.11. The molecule has 0 aliphatic rings. The van der Waals surface area contributed by atoms with Crippen LogP contribution in [0.2, 0.25) is 0 Å². The second-order valence-corrected chi connectivity index (χ2v) is 5.17. The molecular formula is C12H18N4S. The number of hydrogen-bond acceptors (Lipinski definition) is 4. The van der Waals surface area contributed by atoms with Gasteiger partial charge < -0.3 is 5.32 Å². The Morgan fingerprint density at radius 2 is 2.24 bits per heavy atom. The third-order valence-electron chi connectivity index (χ3n) is 3.07. The molecule has 1 unspecified atom stereocenters. The fourth-order valence-electron chi connectivity index (χ4n) is 1.86. The molecule has 1 atom stereocenters. The number of hydrogen-bond donors (Lipinski definition) is 1. The maximum absolute atomic E-state index is 4.41. The van der Waals surface area contributed by atoms with E-state index in [1.807, 2.05) is 23.3 Å². The lowest BCUT2D eigenvalue weighted by atomic mass is 10.2. The molecule has 0 radical (unpaired) electrons. The first-order valence-electron chi connectivity index (χ1n) is 5.71. The summed E-state index contributed by atoms with van der Waals surface area (Å²) in [5.74, 6) is 0. The van der Waals surface area contributed by atoms with E-state index in [1.165, 1.54) is 11.3 Å². The van der Waals surface area contributed by atoms with Gasteiger partial charge in [-0.25, -0.2) is 4.98 Å². The zero-order chi connectivity index (χ0) is 12.4. The lowest BCUT2D eigenvalue weighted by Crippen LogP contribution is -2.18. The number of nitrogens with zero attached hydrogens (tertiary/aromatic N) is 3. The van der Waals surface area contributed by atoms with Crippen LogP contribution >= 0.6 is 11.3 Å². The average Bonchev–Trinajstić information content (AvgIpc) is 2.88. The summed E-state index contributed by atoms with van der Waals surface area (Å²) in [6, 6.07) is 0.286. The number of aryl methyl sites for hydroxylation is 2. The van der Waals surface area contributed by atoms with Crippen LogP contribution in [-0.4, -0.2) is 14.8 Å². The Hall–Kier alpha value is -1.20. The van der Waals surface area contributed by atoms with Crippen LogP contribution < -0.4 is 5.32 Å². The topological polar surface area (TPSA) is 42.7 Å². The van der Waals surface area contributed by atoms with Crippen LogP contribution in [0, 0.1) is 13.8 Å². The minimum atomic E-state index is 0.286. The zero-order valence-electron chi connectivity index (χ0n) is 10.7. The first kappa shape index (κ1) is 12.3. The zero-order valence-corrected chi connectivity index (χ0v) is 11.5. The Morgan fingerprint density at radius 3 is 2.76 bits per heavy atom. The maximum atomic E-state index is 4.41. The molecule has 0 amide bonds. The number of aromatic nitrogens is 3. The van der Waals surface area contributed by atoms with Crippen LogP contribution in [0.3, 0.4) is 0 Å². The summed E-state index contributed by atoms with van der Waals surface area (Å²) in [5.41, 5.74) is 3.61. The van der Waals surface area contributed by atoms with Crippen LogP contribution in [0.1, 0.15) is 34.9 Å². The molecule has 0 fully saturated rings. The van der Waals surface area contributed by atoms with Crippen molar-refractivity contribution in [1.82, 2.24) is 20.1 Å². The molecule has 4 nitrogen and oxygen atoms in total. The van der Waals surface area contributed by atoms with Gasteiger partial charge in [-0.15, -0.1) is 11.3 Å². The molecule has 0 bridgehead atoms. The minimum Gasteiger partial charge on any atom is -0.304 e. The fourth-order valence-corrected chi connectivity index (χ4v) is 2.53. The molecule has 2 aromatic rings. The Balaban J connectivity index is 2.03. The van der Waals surface area contributed by atoms with Crippen LogP contribution in [0.25, 0.3) is 0 Å². The Bertz CT molecular complexity index is 487. The van der Waals surface area contributed by atoms with Crippen LogP contribution in [0.15, 0.2) is 11.6 Å². The number of rotatable bonds is 4. The van der Waals surface area contributed by atoms with Crippen molar-refractivity contribution in [3.05, 3.63) is 33.5 Å². The van der Waals surface area contributed by atoms with Crippen molar-refractivity contribution in [2.75, 3.05) is 0 Å². The van der Waals surface area contributed by atoms with Crippen molar-refractivity contribution in [3.8, 4) is 0 Å². The van der Waals surface area contributed by atoms with E-state index in [-0.39, 0.29) is 6.04 Å². The third-order valence-corrected chi connectivity index (χ3v) is 4.02. The molecule has 0 aromatic carbocycles. The van der Waals surface area contributed by atoms with E-state index in [2.05, 4.69) is 36.2 Å². The molecular weight excluding hydrogens is 232 g/mol. The predicted molar refractivity (Wildman–Crippen MR) is 70.1 cm³/mol. The largest absolute Gasteiger partial charge is 0.304 e. The summed E-state index contributed by atoms with van der Waals surface area (Å²) < 4.78 is 1.93. The van der Waals surface area contributed by atoms with E-state index < -0.39 is 0 Å². The van der Waals surface area contributed by atoms with E-state index in [0.717, 1.165) is 17.2 Å². The van der Waals surface area contributed by atoms with E-state index in [1.54, 1.807) is 11.3 Å². The summed E-state index contributed by atoms with van der Waals surface area (Å²) in [6.45, 7) is 7.13. The van der Waals surface area contributed by atoms with Crippen molar-refractivity contribution in [3.63, 3.8) is 0 Å². The van der Waals surface area contributed by atoms with E-state index in [4.69, 9.17) is 0 Å². The van der Waals surface area contributed by atoms with Gasteiger partial charge in [0.15, 0.2) is 0 Å². The van der Waals surface area contributed by atoms with Crippen molar-refractivity contribution < 1.29 is 0 Å². The van der Waals surface area contributed by atoms with Gasteiger partial charge in [0.25, 0.3) is 0 Å². The monoisotopic (exact) mass is 250 g/mol. The summed E-state index contributed by atoms with van der Waals surface area (Å²) in [6.07, 6.45) is 1.85. The second-order valence-electron chi connectivity index (χ2n) is 4.25. The Labute approximate surface area is 106 Å². The van der Waals surface area contributed by atoms with Crippen LogP contribution in [-0.2, 0) is 13.6 Å². The lowest BCUT2D eigenvalue weighted by molar-refractivity contribution is 0.569. The minimum absolute atomic E-state index is 0.286. The molecule has 2 heterocycles. The molecule has 0 spiro atoms. The van der Waals surface area contributed by atoms with E-state index in [9.17, 15) is 0 Å². The van der Waals surface area contributed by atoms with Crippen molar-refractivity contribution in [1.29, 1.82) is 0 Å². The molecule has 0 saturated carbocycles. The number of nitrogens with one attached hydrogen (secondary N) is 1. The highest BCUT2D eigenvalue weighted by Gasteiger charge is 2.12. The van der Waals surface area contributed by atoms with Gasteiger partial charge >= 0.3 is 0 Å². The SMILES string of the molecule is Cc1nn(C)c(C)c1CNC(C)c1nccs1. The summed E-state index contributed by atoms with van der Waals surface area (Å²) in [5, 5.41) is 11.0. The molecule has 2 rings (SSSR count). The predicted octanol–water partition coefficient (Wildman–Crippen LogP) is 2.34. The molecule has 5 heteroatoms. The first-order valence-corrected chi connectivity index (χ1v) is 6.59. The van der Waals surface area contributed by atoms with Gasteiger partial charge in [0.1, 0.15) is 5.01 Å². The fraction of sp³-hybridized carbons (Fsp3) is 0.500. The molecule has 17 heavy (non-hydrogen) atoms. The molecule has 0 saturated heterocycles. The van der Waals surface area contributed by atoms with Gasteiger partial charge in [-0.1, -0.05) is 0 Å². The van der Waals surface area contributed by atoms with E-state index >= 15 is 0 Å². The first-order chi connectivity index (χ1) is 8.09. The third kappa shape index (κ3) is 2.56.